The van der Waals surface area contributed by atoms with Gasteiger partial charge in [-0.25, -0.2) is 13.6 Å². The Bertz CT molecular complexity index is 775. The summed E-state index contributed by atoms with van der Waals surface area (Å²) in [6, 6.07) is 5.07. The molecule has 0 saturated carbocycles. The number of para-hydroxylation sites is 1. The summed E-state index contributed by atoms with van der Waals surface area (Å²) in [6.07, 6.45) is 2.93. The zero-order valence-electron chi connectivity index (χ0n) is 13.6. The van der Waals surface area contributed by atoms with Crippen molar-refractivity contribution in [1.82, 2.24) is 0 Å². The number of carbonyl (C=O) groups excluding carboxylic acids is 2. The third-order valence-corrected chi connectivity index (χ3v) is 5.28. The van der Waals surface area contributed by atoms with Crippen molar-refractivity contribution in [2.45, 2.75) is 38.7 Å². The lowest BCUT2D eigenvalue weighted by molar-refractivity contribution is -0.123. The molecule has 1 atom stereocenters. The molecule has 0 fully saturated rings. The summed E-state index contributed by atoms with van der Waals surface area (Å²) < 4.78 is 32.3. The van der Waals surface area contributed by atoms with Crippen molar-refractivity contribution >= 4 is 28.9 Å². The molecule has 0 saturated heterocycles. The number of ether oxygens (including phenoxy) is 1. The van der Waals surface area contributed by atoms with Crippen molar-refractivity contribution in [2.75, 3.05) is 5.32 Å². The van der Waals surface area contributed by atoms with Gasteiger partial charge in [-0.2, -0.15) is 0 Å². The molecule has 1 heterocycles. The molecular weight excluding hydrogens is 348 g/mol. The number of rotatable bonds is 4. The maximum Gasteiger partial charge on any atom is 0.349 e. The number of esters is 1. The van der Waals surface area contributed by atoms with Gasteiger partial charge in [0.05, 0.1) is 0 Å². The van der Waals surface area contributed by atoms with E-state index in [2.05, 4.69) is 5.32 Å². The molecule has 1 aromatic heterocycles. The van der Waals surface area contributed by atoms with Gasteiger partial charge in [-0.15, -0.1) is 11.3 Å². The molecular formula is C18H17F2NO3S. The zero-order chi connectivity index (χ0) is 18.0. The molecule has 2 aromatic rings. The van der Waals surface area contributed by atoms with E-state index in [0.29, 0.717) is 4.88 Å². The second-order valence-corrected chi connectivity index (χ2v) is 7.04. The second kappa shape index (κ2) is 7.31. The SMILES string of the molecule is C[C@H](OC(=O)c1cc2c(s1)CCCC2)C(=O)Nc1c(F)cccc1F. The lowest BCUT2D eigenvalue weighted by atomic mass is 9.99. The van der Waals surface area contributed by atoms with E-state index < -0.39 is 35.3 Å². The van der Waals surface area contributed by atoms with Gasteiger partial charge >= 0.3 is 5.97 Å². The Morgan fingerprint density at radius 1 is 1.20 bits per heavy atom. The minimum Gasteiger partial charge on any atom is -0.448 e. The molecule has 25 heavy (non-hydrogen) atoms. The number of hydrogen-bond donors (Lipinski definition) is 1. The maximum atomic E-state index is 13.6. The third-order valence-electron chi connectivity index (χ3n) is 4.06. The molecule has 1 aliphatic rings. The predicted octanol–water partition coefficient (Wildman–Crippen LogP) is 4.09. The molecule has 4 nitrogen and oxygen atoms in total. The van der Waals surface area contributed by atoms with E-state index in [9.17, 15) is 18.4 Å². The minimum absolute atomic E-state index is 0.448. The molecule has 1 aromatic carbocycles. The van der Waals surface area contributed by atoms with Gasteiger partial charge in [-0.1, -0.05) is 6.07 Å². The first kappa shape index (κ1) is 17.5. The summed E-state index contributed by atoms with van der Waals surface area (Å²) in [6.45, 7) is 1.36. The van der Waals surface area contributed by atoms with E-state index >= 15 is 0 Å². The molecule has 1 amide bonds. The summed E-state index contributed by atoms with van der Waals surface area (Å²) >= 11 is 1.38. The molecule has 0 bridgehead atoms. The number of nitrogens with one attached hydrogen (secondary N) is 1. The van der Waals surface area contributed by atoms with Crippen LogP contribution in [-0.2, 0) is 22.4 Å². The monoisotopic (exact) mass is 365 g/mol. The van der Waals surface area contributed by atoms with Crippen LogP contribution in [-0.4, -0.2) is 18.0 Å². The highest BCUT2D eigenvalue weighted by atomic mass is 32.1. The molecule has 0 radical (unpaired) electrons. The number of thiophene rings is 1. The van der Waals surface area contributed by atoms with Crippen molar-refractivity contribution in [2.24, 2.45) is 0 Å². The normalized spacial score (nSPS) is 14.5. The Balaban J connectivity index is 1.65. The fourth-order valence-electron chi connectivity index (χ4n) is 2.71. The van der Waals surface area contributed by atoms with Crippen LogP contribution in [0, 0.1) is 11.6 Å². The first-order valence-electron chi connectivity index (χ1n) is 8.03. The Morgan fingerprint density at radius 3 is 2.56 bits per heavy atom. The predicted molar refractivity (Wildman–Crippen MR) is 90.8 cm³/mol. The molecule has 1 aliphatic carbocycles. The third kappa shape index (κ3) is 3.87. The van der Waals surface area contributed by atoms with Gasteiger partial charge in [0, 0.05) is 4.88 Å². The lowest BCUT2D eigenvalue weighted by Crippen LogP contribution is -2.30. The highest BCUT2D eigenvalue weighted by Crippen LogP contribution is 2.30. The van der Waals surface area contributed by atoms with E-state index in [1.807, 2.05) is 6.07 Å². The number of fused-ring (bicyclic) bond motifs is 1. The number of amides is 1. The number of halogens is 2. The number of hydrogen-bond acceptors (Lipinski definition) is 4. The summed E-state index contributed by atoms with van der Waals surface area (Å²) in [5.41, 5.74) is 0.607. The zero-order valence-corrected chi connectivity index (χ0v) is 14.4. The second-order valence-electron chi connectivity index (χ2n) is 5.90. The Hall–Kier alpha value is -2.28. The van der Waals surface area contributed by atoms with Crippen LogP contribution >= 0.6 is 11.3 Å². The van der Waals surface area contributed by atoms with E-state index in [1.54, 1.807) is 0 Å². The van der Waals surface area contributed by atoms with Crippen LogP contribution in [0.5, 0.6) is 0 Å². The van der Waals surface area contributed by atoms with Crippen molar-refractivity contribution in [3.63, 3.8) is 0 Å². The van der Waals surface area contributed by atoms with E-state index in [1.165, 1.54) is 29.2 Å². The smallest absolute Gasteiger partial charge is 0.349 e. The van der Waals surface area contributed by atoms with Crippen molar-refractivity contribution < 1.29 is 23.1 Å². The van der Waals surface area contributed by atoms with Crippen LogP contribution < -0.4 is 5.32 Å². The van der Waals surface area contributed by atoms with Crippen LogP contribution in [0.2, 0.25) is 0 Å². The quantitative estimate of drug-likeness (QED) is 0.831. The highest BCUT2D eigenvalue weighted by molar-refractivity contribution is 7.14. The van der Waals surface area contributed by atoms with Crippen molar-refractivity contribution in [3.8, 4) is 0 Å². The fraction of sp³-hybridized carbons (Fsp3) is 0.333. The summed E-state index contributed by atoms with van der Waals surface area (Å²) in [7, 11) is 0. The lowest BCUT2D eigenvalue weighted by Gasteiger charge is -2.13. The molecule has 0 spiro atoms. The van der Waals surface area contributed by atoms with E-state index in [0.717, 1.165) is 43.4 Å². The van der Waals surface area contributed by atoms with Gasteiger partial charge in [0.1, 0.15) is 22.2 Å². The summed E-state index contributed by atoms with van der Waals surface area (Å²) in [5, 5.41) is 2.12. The molecule has 0 unspecified atom stereocenters. The number of aryl methyl sites for hydroxylation is 2. The topological polar surface area (TPSA) is 55.4 Å². The van der Waals surface area contributed by atoms with Gasteiger partial charge in [0.15, 0.2) is 6.10 Å². The highest BCUT2D eigenvalue weighted by Gasteiger charge is 2.24. The Morgan fingerprint density at radius 2 is 1.88 bits per heavy atom. The minimum atomic E-state index is -1.18. The maximum absolute atomic E-state index is 13.6. The van der Waals surface area contributed by atoms with Crippen molar-refractivity contribution in [3.05, 3.63) is 51.2 Å². The van der Waals surface area contributed by atoms with Gasteiger partial charge < -0.3 is 10.1 Å². The first-order chi connectivity index (χ1) is 12.0. The van der Waals surface area contributed by atoms with E-state index in [4.69, 9.17) is 4.74 Å². The molecule has 1 N–H and O–H groups in total. The molecule has 7 heteroatoms. The van der Waals surface area contributed by atoms with Gasteiger partial charge in [0.25, 0.3) is 5.91 Å². The van der Waals surface area contributed by atoms with Crippen LogP contribution in [0.25, 0.3) is 0 Å². The van der Waals surface area contributed by atoms with Crippen LogP contribution in [0.3, 0.4) is 0 Å². The van der Waals surface area contributed by atoms with Gasteiger partial charge in [-0.3, -0.25) is 4.79 Å². The Kier molecular flexibility index (Phi) is 5.13. The van der Waals surface area contributed by atoms with Crippen LogP contribution in [0.4, 0.5) is 14.5 Å². The average Bonchev–Trinajstić information content (AvgIpc) is 3.02. The average molecular weight is 365 g/mol. The standard InChI is InChI=1S/C18H17F2NO3S/c1-10(17(22)21-16-12(19)6-4-7-13(16)20)24-18(23)15-9-11-5-2-3-8-14(11)25-15/h4,6-7,9-10H,2-3,5,8H2,1H3,(H,21,22)/t10-/m0/s1. The van der Waals surface area contributed by atoms with E-state index in [-0.39, 0.29) is 0 Å². The van der Waals surface area contributed by atoms with Crippen LogP contribution in [0.15, 0.2) is 24.3 Å². The largest absolute Gasteiger partial charge is 0.448 e. The fourth-order valence-corrected chi connectivity index (χ4v) is 3.84. The van der Waals surface area contributed by atoms with Crippen LogP contribution in [0.1, 0.15) is 39.9 Å². The van der Waals surface area contributed by atoms with Gasteiger partial charge in [0.2, 0.25) is 0 Å². The number of benzene rings is 1. The summed E-state index contributed by atoms with van der Waals surface area (Å²) in [5.74, 6) is -3.18. The molecule has 132 valence electrons. The molecule has 3 rings (SSSR count). The molecule has 0 aliphatic heterocycles. The van der Waals surface area contributed by atoms with Crippen molar-refractivity contribution in [1.29, 1.82) is 0 Å². The number of carbonyl (C=O) groups is 2. The number of anilines is 1. The summed E-state index contributed by atoms with van der Waals surface area (Å²) in [4.78, 5) is 25.9. The Labute approximate surface area is 147 Å². The first-order valence-corrected chi connectivity index (χ1v) is 8.85. The van der Waals surface area contributed by atoms with Gasteiger partial charge in [-0.05, 0) is 56.4 Å².